The summed E-state index contributed by atoms with van der Waals surface area (Å²) in [5.41, 5.74) is 9.09. The van der Waals surface area contributed by atoms with Gasteiger partial charge in [0, 0.05) is 53.9 Å². The van der Waals surface area contributed by atoms with Crippen LogP contribution in [0.1, 0.15) is 0 Å². The van der Waals surface area contributed by atoms with Gasteiger partial charge in [-0.15, -0.1) is 11.3 Å². The predicted molar refractivity (Wildman–Crippen MR) is 232 cm³/mol. The number of benzene rings is 7. The van der Waals surface area contributed by atoms with Gasteiger partial charge in [-0.1, -0.05) is 133 Å². The van der Waals surface area contributed by atoms with Crippen LogP contribution in [0.2, 0.25) is 0 Å². The van der Waals surface area contributed by atoms with Crippen molar-refractivity contribution >= 4 is 75.4 Å². The Morgan fingerprint density at radius 2 is 1.07 bits per heavy atom. The predicted octanol–water partition coefficient (Wildman–Crippen LogP) is 12.7. The number of nitrogens with zero attached hydrogens (tertiary/aromatic N) is 6. The zero-order valence-corrected chi connectivity index (χ0v) is 31.0. The van der Waals surface area contributed by atoms with Gasteiger partial charge in [0.15, 0.2) is 17.5 Å². The molecule has 0 saturated carbocycles. The van der Waals surface area contributed by atoms with E-state index >= 15 is 0 Å². The van der Waals surface area contributed by atoms with Crippen LogP contribution in [0.3, 0.4) is 0 Å². The number of aromatic nitrogens is 6. The Labute approximate surface area is 329 Å². The summed E-state index contributed by atoms with van der Waals surface area (Å²) in [5.74, 6) is 2.40. The van der Waals surface area contributed by atoms with Gasteiger partial charge in [0.05, 0.1) is 26.9 Å². The molecular formula is C49H28N6OS. The van der Waals surface area contributed by atoms with Crippen LogP contribution in [-0.4, -0.2) is 29.5 Å². The highest BCUT2D eigenvalue weighted by molar-refractivity contribution is 7.26. The Balaban J connectivity index is 1.08. The first-order chi connectivity index (χ1) is 28.2. The maximum atomic E-state index is 6.68. The normalized spacial score (nSPS) is 11.9. The standard InChI is InChI=1S/C49H28N6OS/c1-3-14-29(15-4-1)46-50-43(45-44(51-46)35-20-9-12-25-41(35)57-45)31-26-27-34-40(28-31)56-39-24-13-21-36(42(34)39)48-52-47(30-16-5-2-6-17-30)53-49(54-48)55-37-22-10-7-18-32(37)33-19-8-11-23-38(33)55/h1-28H. The number of hydrogen-bond acceptors (Lipinski definition) is 7. The largest absolute Gasteiger partial charge is 0.456 e. The van der Waals surface area contributed by atoms with Gasteiger partial charge in [-0.05, 0) is 36.4 Å². The van der Waals surface area contributed by atoms with E-state index in [0.717, 1.165) is 87.3 Å². The average molecular weight is 749 g/mol. The first kappa shape index (κ1) is 31.8. The molecule has 0 aliphatic heterocycles. The van der Waals surface area contributed by atoms with Gasteiger partial charge in [-0.25, -0.2) is 15.0 Å². The van der Waals surface area contributed by atoms with Gasteiger partial charge in [0.25, 0.3) is 0 Å². The van der Waals surface area contributed by atoms with E-state index in [1.165, 1.54) is 4.70 Å². The van der Waals surface area contributed by atoms with Crippen molar-refractivity contribution in [3.63, 3.8) is 0 Å². The van der Waals surface area contributed by atoms with Crippen LogP contribution >= 0.6 is 11.3 Å². The zero-order chi connectivity index (χ0) is 37.5. The van der Waals surface area contributed by atoms with Gasteiger partial charge >= 0.3 is 0 Å². The fourth-order valence-corrected chi connectivity index (χ4v) is 9.26. The van der Waals surface area contributed by atoms with E-state index in [1.807, 2.05) is 60.7 Å². The number of furan rings is 1. The number of para-hydroxylation sites is 2. The molecule has 0 radical (unpaired) electrons. The highest BCUT2D eigenvalue weighted by Gasteiger charge is 2.22. The molecule has 266 valence electrons. The summed E-state index contributed by atoms with van der Waals surface area (Å²) in [4.78, 5) is 25.8. The molecule has 0 spiro atoms. The Morgan fingerprint density at radius 3 is 1.81 bits per heavy atom. The molecule has 0 unspecified atom stereocenters. The molecule has 0 amide bonds. The van der Waals surface area contributed by atoms with Gasteiger partial charge in [0.2, 0.25) is 5.95 Å². The van der Waals surface area contributed by atoms with Crippen LogP contribution in [-0.2, 0) is 0 Å². The molecule has 0 aliphatic carbocycles. The first-order valence-electron chi connectivity index (χ1n) is 18.8. The fourth-order valence-electron chi connectivity index (χ4n) is 8.10. The van der Waals surface area contributed by atoms with Crippen molar-refractivity contribution < 1.29 is 4.42 Å². The summed E-state index contributed by atoms with van der Waals surface area (Å²) in [6, 6.07) is 57.9. The lowest BCUT2D eigenvalue weighted by Crippen LogP contribution is -2.06. The van der Waals surface area contributed by atoms with E-state index in [4.69, 9.17) is 29.3 Å². The Hall–Kier alpha value is -7.55. The highest BCUT2D eigenvalue weighted by atomic mass is 32.1. The molecular weight excluding hydrogens is 721 g/mol. The monoisotopic (exact) mass is 748 g/mol. The zero-order valence-electron chi connectivity index (χ0n) is 30.2. The molecule has 0 fully saturated rings. The molecule has 0 atom stereocenters. The molecule has 0 bridgehead atoms. The summed E-state index contributed by atoms with van der Waals surface area (Å²) >= 11 is 1.72. The van der Waals surface area contributed by atoms with Crippen LogP contribution in [0, 0.1) is 0 Å². The van der Waals surface area contributed by atoms with E-state index in [1.54, 1.807) is 11.3 Å². The van der Waals surface area contributed by atoms with Crippen molar-refractivity contribution in [1.29, 1.82) is 0 Å². The summed E-state index contributed by atoms with van der Waals surface area (Å²) in [6.45, 7) is 0. The van der Waals surface area contributed by atoms with Gasteiger partial charge < -0.3 is 4.42 Å². The molecule has 12 rings (SSSR count). The summed E-state index contributed by atoms with van der Waals surface area (Å²) in [7, 11) is 0. The molecule has 0 aliphatic rings. The Morgan fingerprint density at radius 1 is 0.439 bits per heavy atom. The second kappa shape index (κ2) is 12.5. The van der Waals surface area contributed by atoms with Crippen molar-refractivity contribution in [2.45, 2.75) is 0 Å². The molecule has 7 aromatic carbocycles. The van der Waals surface area contributed by atoms with E-state index in [0.29, 0.717) is 23.4 Å². The van der Waals surface area contributed by atoms with Gasteiger partial charge in [-0.2, -0.15) is 9.97 Å². The van der Waals surface area contributed by atoms with E-state index in [-0.39, 0.29) is 0 Å². The van der Waals surface area contributed by atoms with Crippen molar-refractivity contribution in [2.75, 3.05) is 0 Å². The third-order valence-electron chi connectivity index (χ3n) is 10.7. The Bertz CT molecular complexity index is 3480. The van der Waals surface area contributed by atoms with Crippen molar-refractivity contribution in [1.82, 2.24) is 29.5 Å². The van der Waals surface area contributed by atoms with E-state index in [9.17, 15) is 0 Å². The third-order valence-corrected chi connectivity index (χ3v) is 11.9. The number of thiophene rings is 1. The summed E-state index contributed by atoms with van der Waals surface area (Å²) in [5, 5.41) is 5.32. The lowest BCUT2D eigenvalue weighted by atomic mass is 10.0. The van der Waals surface area contributed by atoms with Crippen LogP contribution < -0.4 is 0 Å². The van der Waals surface area contributed by atoms with Crippen LogP contribution in [0.15, 0.2) is 174 Å². The third kappa shape index (κ3) is 5.01. The molecule has 7 nitrogen and oxygen atoms in total. The van der Waals surface area contributed by atoms with Crippen molar-refractivity contribution in [2.24, 2.45) is 0 Å². The first-order valence-corrected chi connectivity index (χ1v) is 19.6. The lowest BCUT2D eigenvalue weighted by Gasteiger charge is -2.11. The van der Waals surface area contributed by atoms with E-state index in [2.05, 4.69) is 114 Å². The molecule has 5 heterocycles. The maximum Gasteiger partial charge on any atom is 0.238 e. The molecule has 0 saturated heterocycles. The lowest BCUT2D eigenvalue weighted by molar-refractivity contribution is 0.669. The molecule has 57 heavy (non-hydrogen) atoms. The highest BCUT2D eigenvalue weighted by Crippen LogP contribution is 2.42. The topological polar surface area (TPSA) is 82.5 Å². The van der Waals surface area contributed by atoms with Crippen LogP contribution in [0.5, 0.6) is 0 Å². The van der Waals surface area contributed by atoms with Crippen LogP contribution in [0.4, 0.5) is 0 Å². The minimum absolute atomic E-state index is 0.550. The molecule has 5 aromatic heterocycles. The average Bonchev–Trinajstić information content (AvgIpc) is 3.96. The molecule has 12 aromatic rings. The number of hydrogen-bond donors (Lipinski definition) is 0. The second-order valence-electron chi connectivity index (χ2n) is 14.0. The minimum atomic E-state index is 0.550. The quantitative estimate of drug-likeness (QED) is 0.174. The second-order valence-corrected chi connectivity index (χ2v) is 15.1. The van der Waals surface area contributed by atoms with E-state index < -0.39 is 0 Å². The van der Waals surface area contributed by atoms with Crippen molar-refractivity contribution in [3.05, 3.63) is 170 Å². The SMILES string of the molecule is c1ccc(-c2nc(-c3cccc4oc5cc(-c6nc(-c7ccccc7)nc7c6sc6ccccc67)ccc5c34)nc(-n3c4ccccc4c4ccccc43)n2)cc1. The molecule has 8 heteroatoms. The van der Waals surface area contributed by atoms with Gasteiger partial charge in [-0.3, -0.25) is 4.57 Å². The minimum Gasteiger partial charge on any atom is -0.456 e. The van der Waals surface area contributed by atoms with Gasteiger partial charge in [0.1, 0.15) is 11.2 Å². The number of fused-ring (bicyclic) bond motifs is 9. The van der Waals surface area contributed by atoms with Crippen molar-refractivity contribution in [3.8, 4) is 51.4 Å². The van der Waals surface area contributed by atoms with Crippen LogP contribution in [0.25, 0.3) is 115 Å². The molecule has 0 N–H and O–H groups in total. The smallest absolute Gasteiger partial charge is 0.238 e. The number of rotatable bonds is 5. The summed E-state index contributed by atoms with van der Waals surface area (Å²) < 4.78 is 11.0. The summed E-state index contributed by atoms with van der Waals surface area (Å²) in [6.07, 6.45) is 0. The Kier molecular flexibility index (Phi) is 6.96. The fraction of sp³-hybridized carbons (Fsp3) is 0. The maximum absolute atomic E-state index is 6.68.